The van der Waals surface area contributed by atoms with Gasteiger partial charge in [0.15, 0.2) is 0 Å². The Morgan fingerprint density at radius 2 is 2.12 bits per heavy atom. The van der Waals surface area contributed by atoms with Crippen molar-refractivity contribution in [2.75, 3.05) is 6.54 Å². The number of hydrogen-bond acceptors (Lipinski definition) is 4. The molecule has 2 amide bonds. The Bertz CT molecular complexity index is 828. The zero-order valence-electron chi connectivity index (χ0n) is 13.3. The molecule has 25 heavy (non-hydrogen) atoms. The average molecular weight is 347 g/mol. The first-order chi connectivity index (χ1) is 12.0. The lowest BCUT2D eigenvalue weighted by molar-refractivity contribution is -0.119. The molecule has 1 aromatic heterocycles. The van der Waals surface area contributed by atoms with Crippen LogP contribution in [-0.2, 0) is 16.1 Å². The molecule has 1 fully saturated rings. The summed E-state index contributed by atoms with van der Waals surface area (Å²) in [5.41, 5.74) is 0.536. The number of rotatable bonds is 4. The minimum Gasteiger partial charge on any atom is -0.439 e. The summed E-state index contributed by atoms with van der Waals surface area (Å²) in [6, 6.07) is 4.29. The van der Waals surface area contributed by atoms with E-state index in [1.807, 2.05) is 0 Å². The van der Waals surface area contributed by atoms with Gasteiger partial charge in [-0.05, 0) is 23.8 Å². The summed E-state index contributed by atoms with van der Waals surface area (Å²) in [5, 5.41) is 4.85. The van der Waals surface area contributed by atoms with Crippen molar-refractivity contribution in [3.8, 4) is 11.1 Å². The number of carbonyl (C=O) groups excluding carboxylic acids is 2. The van der Waals surface area contributed by atoms with Gasteiger partial charge in [-0.2, -0.15) is 0 Å². The van der Waals surface area contributed by atoms with E-state index in [-0.39, 0.29) is 29.8 Å². The summed E-state index contributed by atoms with van der Waals surface area (Å²) >= 11 is 0. The predicted octanol–water partition coefficient (Wildman–Crippen LogP) is 2.44. The molecule has 1 saturated heterocycles. The lowest BCUT2D eigenvalue weighted by Gasteiger charge is -2.18. The van der Waals surface area contributed by atoms with Crippen molar-refractivity contribution in [2.24, 2.45) is 0 Å². The van der Waals surface area contributed by atoms with Crippen LogP contribution in [0.3, 0.4) is 0 Å². The summed E-state index contributed by atoms with van der Waals surface area (Å²) < 4.78 is 34.6. The van der Waals surface area contributed by atoms with E-state index in [4.69, 9.17) is 4.74 Å². The third-order valence-electron chi connectivity index (χ3n) is 3.85. The summed E-state index contributed by atoms with van der Waals surface area (Å²) in [6.07, 6.45) is 1.51. The van der Waals surface area contributed by atoms with Crippen LogP contribution < -0.4 is 10.6 Å². The first kappa shape index (κ1) is 16.8. The zero-order valence-corrected chi connectivity index (χ0v) is 13.3. The van der Waals surface area contributed by atoms with Crippen LogP contribution in [0.25, 0.3) is 11.1 Å². The van der Waals surface area contributed by atoms with Gasteiger partial charge >= 0.3 is 6.09 Å². The van der Waals surface area contributed by atoms with Gasteiger partial charge in [-0.15, -0.1) is 0 Å². The van der Waals surface area contributed by atoms with Crippen molar-refractivity contribution in [1.82, 2.24) is 15.6 Å². The van der Waals surface area contributed by atoms with E-state index in [9.17, 15) is 14.0 Å². The molecule has 1 aliphatic heterocycles. The first-order valence-electron chi connectivity index (χ1n) is 7.57. The SMILES string of the molecule is CC(=O)NCc1c(F)cc(C2CNC(=O)O2)c(-c2ccncc2)c1F. The third-order valence-corrected chi connectivity index (χ3v) is 3.85. The van der Waals surface area contributed by atoms with E-state index < -0.39 is 29.7 Å². The van der Waals surface area contributed by atoms with Gasteiger partial charge in [0.2, 0.25) is 5.91 Å². The van der Waals surface area contributed by atoms with Gasteiger partial charge in [0, 0.05) is 42.6 Å². The van der Waals surface area contributed by atoms with Gasteiger partial charge < -0.3 is 15.4 Å². The van der Waals surface area contributed by atoms with Crippen molar-refractivity contribution < 1.29 is 23.1 Å². The molecule has 2 N–H and O–H groups in total. The maximum absolute atomic E-state index is 15.1. The van der Waals surface area contributed by atoms with Crippen molar-refractivity contribution in [1.29, 1.82) is 0 Å². The molecule has 0 saturated carbocycles. The molecule has 130 valence electrons. The highest BCUT2D eigenvalue weighted by Crippen LogP contribution is 2.36. The van der Waals surface area contributed by atoms with Gasteiger partial charge in [0.25, 0.3) is 0 Å². The number of carbonyl (C=O) groups is 2. The van der Waals surface area contributed by atoms with Crippen LogP contribution in [0.5, 0.6) is 0 Å². The monoisotopic (exact) mass is 347 g/mol. The molecule has 1 unspecified atom stereocenters. The molecule has 0 radical (unpaired) electrons. The van der Waals surface area contributed by atoms with Gasteiger partial charge in [0.05, 0.1) is 6.54 Å². The van der Waals surface area contributed by atoms with Crippen LogP contribution in [0.4, 0.5) is 13.6 Å². The second kappa shape index (κ2) is 6.84. The molecule has 2 heterocycles. The fourth-order valence-corrected chi connectivity index (χ4v) is 2.68. The van der Waals surface area contributed by atoms with Crippen molar-refractivity contribution in [3.05, 3.63) is 53.4 Å². The van der Waals surface area contributed by atoms with Crippen molar-refractivity contribution in [2.45, 2.75) is 19.6 Å². The topological polar surface area (TPSA) is 80.3 Å². The highest BCUT2D eigenvalue weighted by atomic mass is 19.1. The second-order valence-corrected chi connectivity index (χ2v) is 5.54. The van der Waals surface area contributed by atoms with Crippen LogP contribution in [0, 0.1) is 11.6 Å². The summed E-state index contributed by atoms with van der Waals surface area (Å²) in [4.78, 5) is 26.3. The number of nitrogens with one attached hydrogen (secondary N) is 2. The maximum Gasteiger partial charge on any atom is 0.407 e. The summed E-state index contributed by atoms with van der Waals surface area (Å²) in [6.45, 7) is 1.09. The summed E-state index contributed by atoms with van der Waals surface area (Å²) in [5.74, 6) is -2.03. The molecular weight excluding hydrogens is 332 g/mol. The normalized spacial score (nSPS) is 16.3. The maximum atomic E-state index is 15.1. The van der Waals surface area contributed by atoms with Crippen LogP contribution in [0.15, 0.2) is 30.6 Å². The first-order valence-corrected chi connectivity index (χ1v) is 7.57. The van der Waals surface area contributed by atoms with E-state index in [1.165, 1.54) is 19.3 Å². The fourth-order valence-electron chi connectivity index (χ4n) is 2.68. The Balaban J connectivity index is 2.14. The lowest BCUT2D eigenvalue weighted by Crippen LogP contribution is -2.21. The molecule has 1 aliphatic rings. The number of nitrogens with zero attached hydrogens (tertiary/aromatic N) is 1. The molecule has 2 aromatic rings. The van der Waals surface area contributed by atoms with Gasteiger partial charge in [-0.3, -0.25) is 9.78 Å². The zero-order chi connectivity index (χ0) is 18.0. The van der Waals surface area contributed by atoms with E-state index in [1.54, 1.807) is 12.1 Å². The highest BCUT2D eigenvalue weighted by molar-refractivity contribution is 5.74. The molecule has 1 atom stereocenters. The number of aromatic nitrogens is 1. The lowest BCUT2D eigenvalue weighted by atomic mass is 9.93. The molecule has 8 heteroatoms. The molecule has 6 nitrogen and oxygen atoms in total. The number of hydrogen-bond donors (Lipinski definition) is 2. The van der Waals surface area contributed by atoms with E-state index in [0.29, 0.717) is 5.56 Å². The molecule has 0 spiro atoms. The minimum absolute atomic E-state index is 0.112. The number of amides is 2. The van der Waals surface area contributed by atoms with E-state index in [2.05, 4.69) is 15.6 Å². The van der Waals surface area contributed by atoms with Crippen LogP contribution in [-0.4, -0.2) is 23.5 Å². The Morgan fingerprint density at radius 3 is 2.72 bits per heavy atom. The fraction of sp³-hybridized carbons (Fsp3) is 0.235. The van der Waals surface area contributed by atoms with Crippen molar-refractivity contribution >= 4 is 12.0 Å². The van der Waals surface area contributed by atoms with Gasteiger partial charge in [0.1, 0.15) is 17.7 Å². The number of benzene rings is 1. The Labute approximate surface area is 142 Å². The Kier molecular flexibility index (Phi) is 4.60. The number of cyclic esters (lactones) is 1. The van der Waals surface area contributed by atoms with Gasteiger partial charge in [-0.1, -0.05) is 0 Å². The van der Waals surface area contributed by atoms with Crippen LogP contribution in [0.2, 0.25) is 0 Å². The third kappa shape index (κ3) is 3.42. The minimum atomic E-state index is -0.818. The van der Waals surface area contributed by atoms with Crippen molar-refractivity contribution in [3.63, 3.8) is 0 Å². The predicted molar refractivity (Wildman–Crippen MR) is 84.3 cm³/mol. The smallest absolute Gasteiger partial charge is 0.407 e. The Morgan fingerprint density at radius 1 is 1.40 bits per heavy atom. The standard InChI is InChI=1S/C17H15F2N3O3/c1-9(23)21-7-12-13(18)6-11(14-8-22-17(24)25-14)15(16(12)19)10-2-4-20-5-3-10/h2-6,14H,7-8H2,1H3,(H,21,23)(H,22,24). The van der Waals surface area contributed by atoms with E-state index in [0.717, 1.165) is 6.07 Å². The quantitative estimate of drug-likeness (QED) is 0.890. The molecule has 1 aromatic carbocycles. The largest absolute Gasteiger partial charge is 0.439 e. The Hall–Kier alpha value is -3.03. The molecule has 3 rings (SSSR count). The summed E-state index contributed by atoms with van der Waals surface area (Å²) in [7, 11) is 0. The molecule has 0 bridgehead atoms. The van der Waals surface area contributed by atoms with E-state index >= 15 is 4.39 Å². The highest BCUT2D eigenvalue weighted by Gasteiger charge is 2.30. The average Bonchev–Trinajstić information content (AvgIpc) is 3.01. The van der Waals surface area contributed by atoms with Gasteiger partial charge in [-0.25, -0.2) is 13.6 Å². The molecule has 0 aliphatic carbocycles. The number of ether oxygens (including phenoxy) is 1. The van der Waals surface area contributed by atoms with Crippen LogP contribution >= 0.6 is 0 Å². The van der Waals surface area contributed by atoms with Crippen LogP contribution in [0.1, 0.15) is 24.2 Å². The number of alkyl carbamates (subject to hydrolysis) is 1. The number of pyridine rings is 1. The number of halogens is 2. The molecular formula is C17H15F2N3O3. The second-order valence-electron chi connectivity index (χ2n) is 5.54.